The second kappa shape index (κ2) is 7.30. The molecule has 1 aromatic carbocycles. The lowest BCUT2D eigenvalue weighted by atomic mass is 10.1. The van der Waals surface area contributed by atoms with Crippen LogP contribution >= 0.6 is 11.8 Å². The van der Waals surface area contributed by atoms with E-state index < -0.39 is 17.2 Å². The Bertz CT molecular complexity index is 746. The average Bonchev–Trinajstić information content (AvgIpc) is 2.85. The summed E-state index contributed by atoms with van der Waals surface area (Å²) in [5.74, 6) is 5.29. The van der Waals surface area contributed by atoms with Gasteiger partial charge in [0.05, 0.1) is 5.25 Å². The van der Waals surface area contributed by atoms with Gasteiger partial charge in [0.2, 0.25) is 11.1 Å². The number of primary amides is 1. The van der Waals surface area contributed by atoms with Crippen LogP contribution in [0.3, 0.4) is 0 Å². The van der Waals surface area contributed by atoms with E-state index in [1.54, 1.807) is 0 Å². The van der Waals surface area contributed by atoms with Gasteiger partial charge >= 0.3 is 6.03 Å². The van der Waals surface area contributed by atoms with Crippen LogP contribution in [0.5, 0.6) is 0 Å². The summed E-state index contributed by atoms with van der Waals surface area (Å²) in [5, 5.41) is 9.63. The number of hydrogen-bond acceptors (Lipinski definition) is 6. The molecule has 128 valence electrons. The third-order valence-electron chi connectivity index (χ3n) is 3.11. The highest BCUT2D eigenvalue weighted by Gasteiger charge is 2.27. The minimum Gasteiger partial charge on any atom is -0.351 e. The van der Waals surface area contributed by atoms with Gasteiger partial charge in [-0.2, -0.15) is 0 Å². The van der Waals surface area contributed by atoms with Crippen LogP contribution in [-0.2, 0) is 4.79 Å². The second-order valence-electron chi connectivity index (χ2n) is 5.32. The summed E-state index contributed by atoms with van der Waals surface area (Å²) in [5.41, 5.74) is 5.56. The predicted octanol–water partition coefficient (Wildman–Crippen LogP) is 1.11. The lowest BCUT2D eigenvalue weighted by Gasteiger charge is -2.17. The number of carbonyl (C=O) groups is 2. The predicted molar refractivity (Wildman–Crippen MR) is 87.8 cm³/mol. The molecule has 1 heterocycles. The molecular formula is C14H17FN6O2S. The van der Waals surface area contributed by atoms with Crippen molar-refractivity contribution in [2.45, 2.75) is 24.3 Å². The van der Waals surface area contributed by atoms with Gasteiger partial charge < -0.3 is 11.6 Å². The Labute approximate surface area is 141 Å². The van der Waals surface area contributed by atoms with E-state index in [2.05, 4.69) is 10.2 Å². The third-order valence-corrected chi connectivity index (χ3v) is 4.61. The highest BCUT2D eigenvalue weighted by molar-refractivity contribution is 8.00. The summed E-state index contributed by atoms with van der Waals surface area (Å²) in [7, 11) is 0. The number of hydrogen-bond donors (Lipinski definition) is 3. The number of nitrogen functional groups attached to an aromatic ring is 1. The van der Waals surface area contributed by atoms with Crippen molar-refractivity contribution in [3.05, 3.63) is 30.1 Å². The standard InChI is InChI=1S/C14H17FN6O2S/c1-7(2)10(12(22)18-13(16)23)24-14-20-19-11(21(14)17)8-3-5-9(15)6-4-8/h3-7,10H,17H2,1-2H3,(H3,16,18,22,23). The number of aromatic nitrogens is 3. The van der Waals surface area contributed by atoms with Gasteiger partial charge in [-0.15, -0.1) is 10.2 Å². The van der Waals surface area contributed by atoms with Gasteiger partial charge in [0.15, 0.2) is 5.82 Å². The van der Waals surface area contributed by atoms with Crippen LogP contribution in [0.25, 0.3) is 11.4 Å². The molecule has 1 unspecified atom stereocenters. The molecule has 1 aromatic heterocycles. The monoisotopic (exact) mass is 352 g/mol. The van der Waals surface area contributed by atoms with E-state index >= 15 is 0 Å². The van der Waals surface area contributed by atoms with Crippen molar-refractivity contribution in [1.82, 2.24) is 20.2 Å². The zero-order valence-electron chi connectivity index (χ0n) is 13.1. The Morgan fingerprint density at radius 1 is 1.25 bits per heavy atom. The summed E-state index contributed by atoms with van der Waals surface area (Å²) in [6.07, 6.45) is 0. The molecule has 0 bridgehead atoms. The van der Waals surface area contributed by atoms with Crippen molar-refractivity contribution in [3.8, 4) is 11.4 Å². The maximum Gasteiger partial charge on any atom is 0.318 e. The molecule has 1 atom stereocenters. The second-order valence-corrected chi connectivity index (χ2v) is 6.43. The molecule has 0 spiro atoms. The maximum absolute atomic E-state index is 13.0. The van der Waals surface area contributed by atoms with Gasteiger partial charge in [0.25, 0.3) is 0 Å². The first-order valence-electron chi connectivity index (χ1n) is 7.03. The van der Waals surface area contributed by atoms with E-state index in [0.717, 1.165) is 11.8 Å². The molecule has 0 radical (unpaired) electrons. The Balaban J connectivity index is 2.24. The van der Waals surface area contributed by atoms with E-state index in [1.165, 1.54) is 28.9 Å². The third kappa shape index (κ3) is 4.02. The van der Waals surface area contributed by atoms with Gasteiger partial charge in [-0.25, -0.2) is 13.9 Å². The number of carbonyl (C=O) groups excluding carboxylic acids is 2. The van der Waals surface area contributed by atoms with Crippen LogP contribution in [-0.4, -0.2) is 32.1 Å². The van der Waals surface area contributed by atoms with Crippen molar-refractivity contribution in [2.75, 3.05) is 5.84 Å². The number of nitrogens with zero attached hydrogens (tertiary/aromatic N) is 3. The molecule has 2 aromatic rings. The minimum atomic E-state index is -0.924. The molecule has 0 saturated heterocycles. The van der Waals surface area contributed by atoms with Crippen LogP contribution in [0.2, 0.25) is 0 Å². The van der Waals surface area contributed by atoms with Crippen molar-refractivity contribution in [1.29, 1.82) is 0 Å². The number of thioether (sulfide) groups is 1. The van der Waals surface area contributed by atoms with Crippen LogP contribution in [0.15, 0.2) is 29.4 Å². The summed E-state index contributed by atoms with van der Waals surface area (Å²) in [6, 6.07) is 4.70. The van der Waals surface area contributed by atoms with Crippen LogP contribution in [0, 0.1) is 11.7 Å². The van der Waals surface area contributed by atoms with E-state index in [0.29, 0.717) is 11.4 Å². The Morgan fingerprint density at radius 3 is 2.42 bits per heavy atom. The van der Waals surface area contributed by atoms with Crippen LogP contribution < -0.4 is 16.9 Å². The Kier molecular flexibility index (Phi) is 5.39. The number of benzene rings is 1. The van der Waals surface area contributed by atoms with Crippen LogP contribution in [0.4, 0.5) is 9.18 Å². The Morgan fingerprint density at radius 2 is 1.88 bits per heavy atom. The molecular weight excluding hydrogens is 335 g/mol. The Hall–Kier alpha value is -2.62. The normalized spacial score (nSPS) is 12.2. The zero-order valence-corrected chi connectivity index (χ0v) is 13.9. The number of rotatable bonds is 5. The first-order chi connectivity index (χ1) is 11.3. The largest absolute Gasteiger partial charge is 0.351 e. The highest BCUT2D eigenvalue weighted by atomic mass is 32.2. The number of urea groups is 1. The summed E-state index contributed by atoms with van der Waals surface area (Å²) in [4.78, 5) is 22.9. The molecule has 0 saturated carbocycles. The quantitative estimate of drug-likeness (QED) is 0.546. The van der Waals surface area contributed by atoms with E-state index in [1.807, 2.05) is 19.2 Å². The number of imide groups is 1. The lowest BCUT2D eigenvalue weighted by molar-refractivity contribution is -0.120. The molecule has 0 aliphatic rings. The summed E-state index contributed by atoms with van der Waals surface area (Å²) >= 11 is 1.06. The van der Waals surface area contributed by atoms with Crippen molar-refractivity contribution >= 4 is 23.7 Å². The highest BCUT2D eigenvalue weighted by Crippen LogP contribution is 2.28. The molecule has 2 rings (SSSR count). The molecule has 10 heteroatoms. The van der Waals surface area contributed by atoms with E-state index in [4.69, 9.17) is 11.6 Å². The maximum atomic E-state index is 13.0. The molecule has 0 aliphatic carbocycles. The molecule has 24 heavy (non-hydrogen) atoms. The number of nitrogens with two attached hydrogens (primary N) is 2. The smallest absolute Gasteiger partial charge is 0.318 e. The van der Waals surface area contributed by atoms with Crippen LogP contribution in [0.1, 0.15) is 13.8 Å². The molecule has 0 fully saturated rings. The first-order valence-corrected chi connectivity index (χ1v) is 7.91. The minimum absolute atomic E-state index is 0.111. The first kappa shape index (κ1) is 17.7. The van der Waals surface area contributed by atoms with E-state index in [-0.39, 0.29) is 16.9 Å². The topological polar surface area (TPSA) is 129 Å². The van der Waals surface area contributed by atoms with Gasteiger partial charge in [0.1, 0.15) is 5.82 Å². The lowest BCUT2D eigenvalue weighted by Crippen LogP contribution is -2.42. The zero-order chi connectivity index (χ0) is 17.9. The molecule has 8 nitrogen and oxygen atoms in total. The van der Waals surface area contributed by atoms with Crippen molar-refractivity contribution in [3.63, 3.8) is 0 Å². The van der Waals surface area contributed by atoms with Gasteiger partial charge in [-0.1, -0.05) is 25.6 Å². The van der Waals surface area contributed by atoms with Crippen molar-refractivity contribution in [2.24, 2.45) is 11.7 Å². The molecule has 3 amide bonds. The molecule has 5 N–H and O–H groups in total. The van der Waals surface area contributed by atoms with Crippen molar-refractivity contribution < 1.29 is 14.0 Å². The SMILES string of the molecule is CC(C)C(Sc1nnc(-c2ccc(F)cc2)n1N)C(=O)NC(N)=O. The molecule has 0 aliphatic heterocycles. The fourth-order valence-corrected chi connectivity index (χ4v) is 2.90. The average molecular weight is 352 g/mol. The number of halogens is 1. The van der Waals surface area contributed by atoms with Gasteiger partial charge in [-0.3, -0.25) is 10.1 Å². The number of nitrogens with one attached hydrogen (secondary N) is 1. The van der Waals surface area contributed by atoms with E-state index in [9.17, 15) is 14.0 Å². The number of amides is 3. The van der Waals surface area contributed by atoms with Gasteiger partial charge in [-0.05, 0) is 30.2 Å². The van der Waals surface area contributed by atoms with Gasteiger partial charge in [0, 0.05) is 5.56 Å². The summed E-state index contributed by atoms with van der Waals surface area (Å²) in [6.45, 7) is 3.63. The fourth-order valence-electron chi connectivity index (χ4n) is 1.95. The summed E-state index contributed by atoms with van der Waals surface area (Å²) < 4.78 is 14.2. The fraction of sp³-hybridized carbons (Fsp3) is 0.286.